The molecular formula is C18H33N7O2. The molecule has 0 saturated carbocycles. The summed E-state index contributed by atoms with van der Waals surface area (Å²) in [5.41, 5.74) is 0. The van der Waals surface area contributed by atoms with Crippen molar-refractivity contribution in [2.45, 2.75) is 39.3 Å². The van der Waals surface area contributed by atoms with Crippen LogP contribution in [-0.2, 0) is 22.6 Å². The van der Waals surface area contributed by atoms with Crippen LogP contribution >= 0.6 is 0 Å². The summed E-state index contributed by atoms with van der Waals surface area (Å²) in [6.45, 7) is 10.7. The zero-order chi connectivity index (χ0) is 19.1. The van der Waals surface area contributed by atoms with Crippen LogP contribution in [0.25, 0.3) is 0 Å². The van der Waals surface area contributed by atoms with Crippen molar-refractivity contribution >= 4 is 5.91 Å². The van der Waals surface area contributed by atoms with Gasteiger partial charge in [-0.25, -0.2) is 4.68 Å². The average molecular weight is 380 g/mol. The standard InChI is InChI=1S/C18H33N7O2/c1-16-4-8-24(9-5-16)14-17-19-20-21-25(17)15-18(26)22(2)6-3-7-23-10-12-27-13-11-23/h16H,3-15H2,1-2H3. The van der Waals surface area contributed by atoms with E-state index in [0.29, 0.717) is 6.54 Å². The molecule has 3 rings (SSSR count). The molecule has 9 nitrogen and oxygen atoms in total. The van der Waals surface area contributed by atoms with E-state index in [1.807, 2.05) is 7.05 Å². The summed E-state index contributed by atoms with van der Waals surface area (Å²) < 4.78 is 7.02. The van der Waals surface area contributed by atoms with E-state index in [0.717, 1.165) is 70.6 Å². The van der Waals surface area contributed by atoms with Gasteiger partial charge in [0.15, 0.2) is 5.82 Å². The van der Waals surface area contributed by atoms with Crippen LogP contribution in [0, 0.1) is 5.92 Å². The third-order valence-electron chi connectivity index (χ3n) is 5.63. The van der Waals surface area contributed by atoms with Gasteiger partial charge in [0.1, 0.15) is 6.54 Å². The summed E-state index contributed by atoms with van der Waals surface area (Å²) in [7, 11) is 1.86. The lowest BCUT2D eigenvalue weighted by Gasteiger charge is -2.29. The zero-order valence-electron chi connectivity index (χ0n) is 16.7. The lowest BCUT2D eigenvalue weighted by molar-refractivity contribution is -0.130. The smallest absolute Gasteiger partial charge is 0.244 e. The van der Waals surface area contributed by atoms with Crippen LogP contribution in [-0.4, -0.2) is 100 Å². The van der Waals surface area contributed by atoms with Crippen LogP contribution in [0.1, 0.15) is 32.0 Å². The molecule has 27 heavy (non-hydrogen) atoms. The van der Waals surface area contributed by atoms with Crippen LogP contribution in [0.15, 0.2) is 0 Å². The predicted molar refractivity (Wildman–Crippen MR) is 101 cm³/mol. The van der Waals surface area contributed by atoms with Gasteiger partial charge in [-0.05, 0) is 48.7 Å². The number of morpholine rings is 1. The molecule has 0 unspecified atom stereocenters. The first kappa shape index (κ1) is 20.2. The number of hydrogen-bond acceptors (Lipinski definition) is 7. The second-order valence-corrected chi connectivity index (χ2v) is 7.83. The Balaban J connectivity index is 1.41. The van der Waals surface area contributed by atoms with Gasteiger partial charge in [-0.1, -0.05) is 6.92 Å². The van der Waals surface area contributed by atoms with Crippen molar-refractivity contribution in [1.82, 2.24) is 34.9 Å². The first-order valence-electron chi connectivity index (χ1n) is 10.1. The number of amides is 1. The molecule has 2 fully saturated rings. The zero-order valence-corrected chi connectivity index (χ0v) is 16.7. The van der Waals surface area contributed by atoms with Gasteiger partial charge in [0.25, 0.3) is 0 Å². The molecule has 1 amide bonds. The molecule has 9 heteroatoms. The second-order valence-electron chi connectivity index (χ2n) is 7.83. The number of aromatic nitrogens is 4. The van der Waals surface area contributed by atoms with Crippen LogP contribution in [0.5, 0.6) is 0 Å². The number of likely N-dealkylation sites (tertiary alicyclic amines) is 1. The fourth-order valence-electron chi connectivity index (χ4n) is 3.61. The number of tetrazole rings is 1. The first-order valence-corrected chi connectivity index (χ1v) is 10.1. The molecule has 0 spiro atoms. The molecule has 2 aliphatic rings. The van der Waals surface area contributed by atoms with Crippen LogP contribution in [0.4, 0.5) is 0 Å². The maximum atomic E-state index is 12.5. The van der Waals surface area contributed by atoms with Crippen molar-refractivity contribution < 1.29 is 9.53 Å². The predicted octanol–water partition coefficient (Wildman–Crippen LogP) is 0.0857. The summed E-state index contributed by atoms with van der Waals surface area (Å²) in [6.07, 6.45) is 3.40. The third kappa shape index (κ3) is 6.22. The first-order chi connectivity index (χ1) is 13.1. The Morgan fingerprint density at radius 3 is 2.67 bits per heavy atom. The largest absolute Gasteiger partial charge is 0.379 e. The van der Waals surface area contributed by atoms with Crippen LogP contribution < -0.4 is 0 Å². The van der Waals surface area contributed by atoms with Gasteiger partial charge in [0, 0.05) is 33.2 Å². The topological polar surface area (TPSA) is 79.6 Å². The van der Waals surface area contributed by atoms with Gasteiger partial charge in [0.2, 0.25) is 5.91 Å². The van der Waals surface area contributed by atoms with Crippen molar-refractivity contribution in [3.8, 4) is 0 Å². The summed E-state index contributed by atoms with van der Waals surface area (Å²) in [5.74, 6) is 1.63. The van der Waals surface area contributed by atoms with E-state index in [9.17, 15) is 4.79 Å². The van der Waals surface area contributed by atoms with Crippen molar-refractivity contribution in [1.29, 1.82) is 0 Å². The molecule has 1 aromatic heterocycles. The number of carbonyl (C=O) groups excluding carboxylic acids is 1. The fourth-order valence-corrected chi connectivity index (χ4v) is 3.61. The number of carbonyl (C=O) groups is 1. The van der Waals surface area contributed by atoms with Crippen molar-refractivity contribution in [2.75, 3.05) is 59.5 Å². The second kappa shape index (κ2) is 10.1. The number of nitrogens with zero attached hydrogens (tertiary/aromatic N) is 7. The summed E-state index contributed by atoms with van der Waals surface area (Å²) >= 11 is 0. The Morgan fingerprint density at radius 2 is 1.93 bits per heavy atom. The van der Waals surface area contributed by atoms with E-state index in [2.05, 4.69) is 32.2 Å². The number of ether oxygens (including phenoxy) is 1. The molecule has 0 N–H and O–H groups in total. The molecule has 0 atom stereocenters. The van der Waals surface area contributed by atoms with Gasteiger partial charge in [-0.2, -0.15) is 0 Å². The summed E-state index contributed by atoms with van der Waals surface area (Å²) in [6, 6.07) is 0. The van der Waals surface area contributed by atoms with Gasteiger partial charge < -0.3 is 9.64 Å². The van der Waals surface area contributed by atoms with E-state index in [4.69, 9.17) is 4.74 Å². The fraction of sp³-hybridized carbons (Fsp3) is 0.889. The minimum absolute atomic E-state index is 0.0535. The highest BCUT2D eigenvalue weighted by Gasteiger charge is 2.20. The van der Waals surface area contributed by atoms with E-state index in [-0.39, 0.29) is 12.5 Å². The quantitative estimate of drug-likeness (QED) is 0.633. The molecule has 0 radical (unpaired) electrons. The average Bonchev–Trinajstić information content (AvgIpc) is 3.11. The number of hydrogen-bond donors (Lipinski definition) is 0. The lowest BCUT2D eigenvalue weighted by atomic mass is 9.99. The molecule has 3 heterocycles. The highest BCUT2D eigenvalue weighted by molar-refractivity contribution is 5.75. The Kier molecular flexibility index (Phi) is 7.54. The normalized spacial score (nSPS) is 20.1. The SMILES string of the molecule is CC1CCN(Cc2nnnn2CC(=O)N(C)CCCN2CCOCC2)CC1. The van der Waals surface area contributed by atoms with Gasteiger partial charge >= 0.3 is 0 Å². The maximum Gasteiger partial charge on any atom is 0.244 e. The van der Waals surface area contributed by atoms with Gasteiger partial charge in [-0.15, -0.1) is 5.10 Å². The van der Waals surface area contributed by atoms with Crippen LogP contribution in [0.2, 0.25) is 0 Å². The molecule has 2 saturated heterocycles. The van der Waals surface area contributed by atoms with Crippen molar-refractivity contribution in [2.24, 2.45) is 5.92 Å². The molecule has 0 aliphatic carbocycles. The minimum Gasteiger partial charge on any atom is -0.379 e. The van der Waals surface area contributed by atoms with E-state index >= 15 is 0 Å². The molecule has 152 valence electrons. The summed E-state index contributed by atoms with van der Waals surface area (Å²) in [4.78, 5) is 19.1. The highest BCUT2D eigenvalue weighted by atomic mass is 16.5. The maximum absolute atomic E-state index is 12.5. The molecule has 0 aromatic carbocycles. The Labute approximate surface area is 161 Å². The highest BCUT2D eigenvalue weighted by Crippen LogP contribution is 2.17. The lowest BCUT2D eigenvalue weighted by Crippen LogP contribution is -2.39. The number of likely N-dealkylation sites (N-methyl/N-ethyl adjacent to an activating group) is 1. The van der Waals surface area contributed by atoms with Crippen molar-refractivity contribution in [3.63, 3.8) is 0 Å². The van der Waals surface area contributed by atoms with Gasteiger partial charge in [0.05, 0.1) is 19.8 Å². The van der Waals surface area contributed by atoms with E-state index in [1.54, 1.807) is 9.58 Å². The van der Waals surface area contributed by atoms with E-state index in [1.165, 1.54) is 12.8 Å². The van der Waals surface area contributed by atoms with E-state index < -0.39 is 0 Å². The Morgan fingerprint density at radius 1 is 1.19 bits per heavy atom. The minimum atomic E-state index is 0.0535. The van der Waals surface area contributed by atoms with Gasteiger partial charge in [-0.3, -0.25) is 14.6 Å². The Bertz CT molecular complexity index is 580. The molecule has 2 aliphatic heterocycles. The molecule has 0 bridgehead atoms. The third-order valence-corrected chi connectivity index (χ3v) is 5.63. The number of rotatable bonds is 8. The Hall–Kier alpha value is -1.58. The van der Waals surface area contributed by atoms with Crippen LogP contribution in [0.3, 0.4) is 0 Å². The molecule has 1 aromatic rings. The molecular weight excluding hydrogens is 346 g/mol. The monoisotopic (exact) mass is 379 g/mol. The summed E-state index contributed by atoms with van der Waals surface area (Å²) in [5, 5.41) is 12.0. The number of piperidine rings is 1. The van der Waals surface area contributed by atoms with Crippen molar-refractivity contribution in [3.05, 3.63) is 5.82 Å².